The molecule has 158 valence electrons. The van der Waals surface area contributed by atoms with Gasteiger partial charge in [0.25, 0.3) is 0 Å². The summed E-state index contributed by atoms with van der Waals surface area (Å²) in [4.78, 5) is 14.1. The van der Waals surface area contributed by atoms with Gasteiger partial charge in [0.1, 0.15) is 0 Å². The molecule has 0 aliphatic carbocycles. The van der Waals surface area contributed by atoms with Gasteiger partial charge in [-0.05, 0) is 50.9 Å². The maximum atomic E-state index is 6.29. The Morgan fingerprint density at radius 3 is 2.77 bits per heavy atom. The predicted octanol–water partition coefficient (Wildman–Crippen LogP) is 4.72. The third-order valence-corrected chi connectivity index (χ3v) is 6.13. The zero-order chi connectivity index (χ0) is 21.3. The van der Waals surface area contributed by atoms with Crippen LogP contribution >= 0.6 is 11.6 Å². The predicted molar refractivity (Wildman–Crippen MR) is 122 cm³/mol. The van der Waals surface area contributed by atoms with Crippen LogP contribution in [-0.4, -0.2) is 45.3 Å². The number of hydrogen-bond acceptors (Lipinski definition) is 5. The Labute approximate surface area is 183 Å². The molecule has 3 heterocycles. The average molecular weight is 425 g/mol. The zero-order valence-corrected chi connectivity index (χ0v) is 18.9. The van der Waals surface area contributed by atoms with Gasteiger partial charge in [-0.15, -0.1) is 0 Å². The van der Waals surface area contributed by atoms with Gasteiger partial charge in [0.05, 0.1) is 17.9 Å². The molecule has 0 spiro atoms. The number of halogens is 1. The molecular formula is C23H29ClN6. The van der Waals surface area contributed by atoms with E-state index in [9.17, 15) is 0 Å². The number of benzene rings is 1. The van der Waals surface area contributed by atoms with E-state index in [2.05, 4.69) is 39.6 Å². The standard InChI is InChI=1S/C23H29ClN6/c1-5-30-16(2)18(13-26-30)15-29-11-7-10-21(29)22-20(14-25-23(27-22)28(3)4)17-8-6-9-19(24)12-17/h6,8-9,12-14,21H,5,7,10-11,15H2,1-4H3/t21-/m1/s1. The lowest BCUT2D eigenvalue weighted by molar-refractivity contribution is 0.244. The molecule has 1 fully saturated rings. The number of likely N-dealkylation sites (tertiary alicyclic amines) is 1. The van der Waals surface area contributed by atoms with E-state index < -0.39 is 0 Å². The Morgan fingerprint density at radius 2 is 2.07 bits per heavy atom. The van der Waals surface area contributed by atoms with Crippen LogP contribution in [0, 0.1) is 6.92 Å². The maximum Gasteiger partial charge on any atom is 0.225 e. The molecule has 1 aliphatic rings. The van der Waals surface area contributed by atoms with Crippen molar-refractivity contribution < 1.29 is 0 Å². The monoisotopic (exact) mass is 424 g/mol. The van der Waals surface area contributed by atoms with Gasteiger partial charge in [-0.2, -0.15) is 5.10 Å². The molecule has 0 bridgehead atoms. The van der Waals surface area contributed by atoms with Gasteiger partial charge in [0, 0.05) is 55.2 Å². The molecular weight excluding hydrogens is 396 g/mol. The first kappa shape index (κ1) is 20.8. The fourth-order valence-electron chi connectivity index (χ4n) is 4.24. The number of aryl methyl sites for hydroxylation is 1. The Balaban J connectivity index is 1.73. The van der Waals surface area contributed by atoms with E-state index in [4.69, 9.17) is 16.6 Å². The van der Waals surface area contributed by atoms with Crippen LogP contribution in [0.15, 0.2) is 36.7 Å². The van der Waals surface area contributed by atoms with E-state index in [1.165, 1.54) is 11.3 Å². The van der Waals surface area contributed by atoms with Crippen LogP contribution in [0.5, 0.6) is 0 Å². The third kappa shape index (κ3) is 4.07. The Hall–Kier alpha value is -2.44. The molecule has 4 rings (SSSR count). The van der Waals surface area contributed by atoms with E-state index in [0.717, 1.165) is 60.3 Å². The van der Waals surface area contributed by atoms with Gasteiger partial charge in [-0.3, -0.25) is 9.58 Å². The van der Waals surface area contributed by atoms with E-state index in [1.807, 2.05) is 49.6 Å². The lowest BCUT2D eigenvalue weighted by Crippen LogP contribution is -2.25. The highest BCUT2D eigenvalue weighted by atomic mass is 35.5. The summed E-state index contributed by atoms with van der Waals surface area (Å²) in [5.41, 5.74) is 5.73. The quantitative estimate of drug-likeness (QED) is 0.572. The first-order valence-corrected chi connectivity index (χ1v) is 10.9. The molecule has 0 N–H and O–H groups in total. The zero-order valence-electron chi connectivity index (χ0n) is 18.1. The average Bonchev–Trinajstić information content (AvgIpc) is 3.34. The van der Waals surface area contributed by atoms with Crippen LogP contribution in [0.2, 0.25) is 5.02 Å². The van der Waals surface area contributed by atoms with Crippen LogP contribution in [0.3, 0.4) is 0 Å². The van der Waals surface area contributed by atoms with Gasteiger partial charge < -0.3 is 4.90 Å². The van der Waals surface area contributed by atoms with Crippen molar-refractivity contribution in [1.82, 2.24) is 24.6 Å². The highest BCUT2D eigenvalue weighted by Gasteiger charge is 2.31. The summed E-state index contributed by atoms with van der Waals surface area (Å²) >= 11 is 6.29. The molecule has 0 unspecified atom stereocenters. The summed E-state index contributed by atoms with van der Waals surface area (Å²) in [7, 11) is 3.96. The van der Waals surface area contributed by atoms with E-state index >= 15 is 0 Å². The molecule has 0 saturated carbocycles. The minimum atomic E-state index is 0.241. The maximum absolute atomic E-state index is 6.29. The highest BCUT2D eigenvalue weighted by molar-refractivity contribution is 6.30. The van der Waals surface area contributed by atoms with Crippen molar-refractivity contribution in [1.29, 1.82) is 0 Å². The van der Waals surface area contributed by atoms with Gasteiger partial charge >= 0.3 is 0 Å². The third-order valence-electron chi connectivity index (χ3n) is 5.90. The molecule has 1 saturated heterocycles. The Bertz CT molecular complexity index is 1030. The van der Waals surface area contributed by atoms with Crippen molar-refractivity contribution >= 4 is 17.5 Å². The first-order chi connectivity index (χ1) is 14.5. The summed E-state index contributed by atoms with van der Waals surface area (Å²) in [6.07, 6.45) is 6.19. The van der Waals surface area contributed by atoms with Crippen molar-refractivity contribution in [2.24, 2.45) is 0 Å². The van der Waals surface area contributed by atoms with Crippen LogP contribution in [0.1, 0.15) is 42.8 Å². The molecule has 1 aliphatic heterocycles. The molecule has 0 radical (unpaired) electrons. The largest absolute Gasteiger partial charge is 0.347 e. The molecule has 1 aromatic carbocycles. The number of aromatic nitrogens is 4. The van der Waals surface area contributed by atoms with E-state index in [1.54, 1.807) is 0 Å². The van der Waals surface area contributed by atoms with E-state index in [-0.39, 0.29) is 6.04 Å². The SMILES string of the molecule is CCn1ncc(CN2CCC[C@@H]2c2nc(N(C)C)ncc2-c2cccc(Cl)c2)c1C. The van der Waals surface area contributed by atoms with Crippen molar-refractivity contribution in [3.05, 3.63) is 58.6 Å². The van der Waals surface area contributed by atoms with Crippen molar-refractivity contribution in [2.75, 3.05) is 25.5 Å². The van der Waals surface area contributed by atoms with Gasteiger partial charge in [-0.25, -0.2) is 9.97 Å². The normalized spacial score (nSPS) is 16.9. The Morgan fingerprint density at radius 1 is 1.23 bits per heavy atom. The molecule has 0 amide bonds. The molecule has 2 aromatic heterocycles. The second-order valence-corrected chi connectivity index (χ2v) is 8.51. The second kappa shape index (κ2) is 8.74. The topological polar surface area (TPSA) is 50.1 Å². The number of hydrogen-bond donors (Lipinski definition) is 0. The molecule has 1 atom stereocenters. The van der Waals surface area contributed by atoms with Crippen molar-refractivity contribution in [2.45, 2.75) is 45.8 Å². The van der Waals surface area contributed by atoms with Crippen molar-refractivity contribution in [3.63, 3.8) is 0 Å². The van der Waals surface area contributed by atoms with Crippen LogP contribution in [0.25, 0.3) is 11.1 Å². The smallest absolute Gasteiger partial charge is 0.225 e. The molecule has 7 heteroatoms. The number of rotatable bonds is 6. The highest BCUT2D eigenvalue weighted by Crippen LogP contribution is 2.38. The van der Waals surface area contributed by atoms with Crippen molar-refractivity contribution in [3.8, 4) is 11.1 Å². The summed E-state index contributed by atoms with van der Waals surface area (Å²) in [6, 6.07) is 8.20. The minimum Gasteiger partial charge on any atom is -0.347 e. The molecule has 30 heavy (non-hydrogen) atoms. The molecule has 3 aromatic rings. The summed E-state index contributed by atoms with van der Waals surface area (Å²) in [6.45, 7) is 7.11. The summed E-state index contributed by atoms with van der Waals surface area (Å²) in [5, 5.41) is 5.25. The van der Waals surface area contributed by atoms with Gasteiger partial charge in [-0.1, -0.05) is 23.7 Å². The van der Waals surface area contributed by atoms with Gasteiger partial charge in [0.15, 0.2) is 0 Å². The number of nitrogens with zero attached hydrogens (tertiary/aromatic N) is 6. The fraction of sp³-hybridized carbons (Fsp3) is 0.435. The first-order valence-electron chi connectivity index (χ1n) is 10.5. The Kier molecular flexibility index (Phi) is 6.06. The number of anilines is 1. The van der Waals surface area contributed by atoms with Crippen LogP contribution in [-0.2, 0) is 13.1 Å². The van der Waals surface area contributed by atoms with Crippen LogP contribution in [0.4, 0.5) is 5.95 Å². The minimum absolute atomic E-state index is 0.241. The lowest BCUT2D eigenvalue weighted by atomic mass is 9.99. The fourth-order valence-corrected chi connectivity index (χ4v) is 4.43. The van der Waals surface area contributed by atoms with Gasteiger partial charge in [0.2, 0.25) is 5.95 Å². The second-order valence-electron chi connectivity index (χ2n) is 8.07. The van der Waals surface area contributed by atoms with E-state index in [0.29, 0.717) is 0 Å². The summed E-state index contributed by atoms with van der Waals surface area (Å²) in [5.74, 6) is 0.734. The lowest BCUT2D eigenvalue weighted by Gasteiger charge is -2.26. The summed E-state index contributed by atoms with van der Waals surface area (Å²) < 4.78 is 2.06. The van der Waals surface area contributed by atoms with Crippen LogP contribution < -0.4 is 4.90 Å². The molecule has 6 nitrogen and oxygen atoms in total.